The minimum absolute atomic E-state index is 0.101. The van der Waals surface area contributed by atoms with E-state index in [1.54, 1.807) is 0 Å². The molecule has 0 aromatic heterocycles. The van der Waals surface area contributed by atoms with Crippen LogP contribution < -0.4 is 16.1 Å². The van der Waals surface area contributed by atoms with Gasteiger partial charge in [-0.2, -0.15) is 0 Å². The van der Waals surface area contributed by atoms with Gasteiger partial charge in [0.2, 0.25) is 0 Å². The molecule has 0 radical (unpaired) electrons. The molecule has 188 valence electrons. The number of unbranched alkanes of at least 4 members (excludes halogenated alkanes) is 1. The van der Waals surface area contributed by atoms with E-state index in [0.29, 0.717) is 19.4 Å². The van der Waals surface area contributed by atoms with Crippen molar-refractivity contribution in [1.29, 1.82) is 0 Å². The second-order valence-corrected chi connectivity index (χ2v) is 9.43. The fourth-order valence-electron chi connectivity index (χ4n) is 3.95. The van der Waals surface area contributed by atoms with Crippen molar-refractivity contribution < 1.29 is 29.1 Å². The van der Waals surface area contributed by atoms with Crippen molar-refractivity contribution in [3.63, 3.8) is 0 Å². The summed E-state index contributed by atoms with van der Waals surface area (Å²) in [4.78, 5) is 40.8. The zero-order valence-corrected chi connectivity index (χ0v) is 20.3. The van der Waals surface area contributed by atoms with Crippen LogP contribution in [0.15, 0.2) is 48.5 Å². The number of hydroxylamine groups is 1. The quantitative estimate of drug-likeness (QED) is 0.297. The largest absolute Gasteiger partial charge is 0.480 e. The van der Waals surface area contributed by atoms with Crippen LogP contribution in [-0.2, 0) is 14.4 Å². The third kappa shape index (κ3) is 7.45. The minimum Gasteiger partial charge on any atom is -0.480 e. The Hall–Kier alpha value is -3.59. The molecule has 1 atom stereocenters. The van der Waals surface area contributed by atoms with Gasteiger partial charge >= 0.3 is 18.1 Å². The van der Waals surface area contributed by atoms with Crippen LogP contribution in [0.5, 0.6) is 0 Å². The van der Waals surface area contributed by atoms with Crippen LogP contribution in [-0.4, -0.2) is 48.0 Å². The molecule has 9 nitrogen and oxygen atoms in total. The number of amides is 3. The predicted molar refractivity (Wildman–Crippen MR) is 131 cm³/mol. The average Bonchev–Trinajstić information content (AvgIpc) is 3.13. The molecule has 0 spiro atoms. The molecule has 0 saturated carbocycles. The van der Waals surface area contributed by atoms with Crippen LogP contribution in [0.25, 0.3) is 11.1 Å². The number of urea groups is 1. The number of alkyl carbamates (subject to hydrolysis) is 1. The zero-order chi connectivity index (χ0) is 25.4. The smallest absolute Gasteiger partial charge is 0.407 e. The number of ether oxygens (including phenoxy) is 1. The number of benzene rings is 2. The number of hydrogen-bond donors (Lipinski definition) is 4. The topological polar surface area (TPSA) is 126 Å². The highest BCUT2D eigenvalue weighted by Crippen LogP contribution is 2.44. The van der Waals surface area contributed by atoms with Gasteiger partial charge in [0.25, 0.3) is 0 Å². The van der Waals surface area contributed by atoms with Crippen LogP contribution in [0.1, 0.15) is 57.1 Å². The van der Waals surface area contributed by atoms with E-state index < -0.39 is 29.7 Å². The van der Waals surface area contributed by atoms with Gasteiger partial charge in [0, 0.05) is 12.5 Å². The number of carboxylic acid groups (broad SMARTS) is 1. The summed E-state index contributed by atoms with van der Waals surface area (Å²) in [6.45, 7) is 5.88. The molecule has 0 saturated heterocycles. The molecular weight excluding hydrogens is 450 g/mol. The highest BCUT2D eigenvalue weighted by molar-refractivity contribution is 5.81. The first-order valence-corrected chi connectivity index (χ1v) is 11.7. The van der Waals surface area contributed by atoms with Crippen molar-refractivity contribution in [2.45, 2.75) is 57.6 Å². The van der Waals surface area contributed by atoms with Gasteiger partial charge in [-0.15, -0.1) is 0 Å². The molecule has 0 bridgehead atoms. The van der Waals surface area contributed by atoms with E-state index in [1.165, 1.54) is 0 Å². The Kier molecular flexibility index (Phi) is 8.70. The molecule has 1 aliphatic rings. The number of carbonyl (C=O) groups is 3. The van der Waals surface area contributed by atoms with Gasteiger partial charge in [-0.3, -0.25) is 4.84 Å². The van der Waals surface area contributed by atoms with Crippen molar-refractivity contribution in [2.24, 2.45) is 0 Å². The Morgan fingerprint density at radius 3 is 2.14 bits per heavy atom. The maximum Gasteiger partial charge on any atom is 0.407 e. The first-order valence-electron chi connectivity index (χ1n) is 11.7. The number of carbonyl (C=O) groups excluding carboxylic acids is 2. The Labute approximate surface area is 205 Å². The first-order chi connectivity index (χ1) is 16.7. The summed E-state index contributed by atoms with van der Waals surface area (Å²) in [5, 5.41) is 14.6. The number of rotatable bonds is 10. The summed E-state index contributed by atoms with van der Waals surface area (Å²) in [7, 11) is 0. The standard InChI is InChI=1S/C26H33N3O6/c1-26(2,3)35-29-24(32)27-15-9-8-14-22(23(30)31)28-25(33)34-16-21-19-12-6-4-10-17(19)18-11-5-7-13-20(18)21/h4-7,10-13,21-22H,8-9,14-16H2,1-3H3,(H,28,33)(H,30,31)(H2,27,29,32)/t22-/m0/s1. The molecule has 1 aliphatic carbocycles. The van der Waals surface area contributed by atoms with Crippen molar-refractivity contribution >= 4 is 18.1 Å². The molecule has 9 heteroatoms. The lowest BCUT2D eigenvalue weighted by atomic mass is 9.98. The van der Waals surface area contributed by atoms with Gasteiger partial charge in [-0.25, -0.2) is 19.9 Å². The second kappa shape index (κ2) is 11.7. The maximum atomic E-state index is 12.4. The van der Waals surface area contributed by atoms with Crippen molar-refractivity contribution in [1.82, 2.24) is 16.1 Å². The van der Waals surface area contributed by atoms with Crippen molar-refractivity contribution in [3.05, 3.63) is 59.7 Å². The SMILES string of the molecule is CC(C)(C)ONC(=O)NCCCC[C@H](NC(=O)OCC1c2ccccc2-c2ccccc21)C(=O)O. The maximum absolute atomic E-state index is 12.4. The van der Waals surface area contributed by atoms with Crippen molar-refractivity contribution in [3.8, 4) is 11.1 Å². The third-order valence-electron chi connectivity index (χ3n) is 5.59. The normalized spacial score (nSPS) is 13.3. The van der Waals surface area contributed by atoms with Gasteiger partial charge in [0.15, 0.2) is 0 Å². The fourth-order valence-corrected chi connectivity index (χ4v) is 3.95. The van der Waals surface area contributed by atoms with Crippen LogP contribution in [0.2, 0.25) is 0 Å². The number of hydrogen-bond acceptors (Lipinski definition) is 5. The lowest BCUT2D eigenvalue weighted by molar-refractivity contribution is -0.139. The number of nitrogens with one attached hydrogen (secondary N) is 3. The van der Waals surface area contributed by atoms with E-state index in [2.05, 4.69) is 16.1 Å². The van der Waals surface area contributed by atoms with E-state index in [9.17, 15) is 19.5 Å². The molecule has 0 aliphatic heterocycles. The van der Waals surface area contributed by atoms with E-state index in [4.69, 9.17) is 9.57 Å². The Balaban J connectivity index is 1.43. The summed E-state index contributed by atoms with van der Waals surface area (Å²) in [6.07, 6.45) is 0.470. The second-order valence-electron chi connectivity index (χ2n) is 9.43. The number of fused-ring (bicyclic) bond motifs is 3. The minimum atomic E-state index is -1.14. The van der Waals surface area contributed by atoms with Crippen LogP contribution in [0.4, 0.5) is 9.59 Å². The van der Waals surface area contributed by atoms with E-state index in [-0.39, 0.29) is 18.9 Å². The van der Waals surface area contributed by atoms with Gasteiger partial charge in [-0.1, -0.05) is 48.5 Å². The Bertz CT molecular complexity index is 1000. The van der Waals surface area contributed by atoms with E-state index in [0.717, 1.165) is 22.3 Å². The Morgan fingerprint density at radius 1 is 0.971 bits per heavy atom. The van der Waals surface area contributed by atoms with E-state index in [1.807, 2.05) is 69.3 Å². The molecule has 0 fully saturated rings. The molecule has 0 unspecified atom stereocenters. The highest BCUT2D eigenvalue weighted by atomic mass is 16.7. The summed E-state index contributed by atoms with van der Waals surface area (Å²) in [5.41, 5.74) is 6.20. The molecule has 2 aromatic rings. The highest BCUT2D eigenvalue weighted by Gasteiger charge is 2.29. The molecular formula is C26H33N3O6. The molecule has 0 heterocycles. The van der Waals surface area contributed by atoms with E-state index >= 15 is 0 Å². The summed E-state index contributed by atoms with van der Waals surface area (Å²) in [5.74, 6) is -1.24. The lowest BCUT2D eigenvalue weighted by Gasteiger charge is -2.19. The third-order valence-corrected chi connectivity index (χ3v) is 5.59. The molecule has 4 N–H and O–H groups in total. The monoisotopic (exact) mass is 483 g/mol. The van der Waals surface area contributed by atoms with Gasteiger partial charge in [0.1, 0.15) is 12.6 Å². The number of carboxylic acids is 1. The van der Waals surface area contributed by atoms with Gasteiger partial charge in [0.05, 0.1) is 5.60 Å². The zero-order valence-electron chi connectivity index (χ0n) is 20.3. The summed E-state index contributed by atoms with van der Waals surface area (Å²) in [6, 6.07) is 14.4. The fraction of sp³-hybridized carbons (Fsp3) is 0.423. The van der Waals surface area contributed by atoms with Crippen LogP contribution >= 0.6 is 0 Å². The average molecular weight is 484 g/mol. The molecule has 3 amide bonds. The van der Waals surface area contributed by atoms with Gasteiger partial charge in [-0.05, 0) is 62.3 Å². The summed E-state index contributed by atoms with van der Waals surface area (Å²) < 4.78 is 5.44. The predicted octanol–water partition coefficient (Wildman–Crippen LogP) is 4.18. The Morgan fingerprint density at radius 2 is 1.57 bits per heavy atom. The molecule has 3 rings (SSSR count). The first kappa shape index (κ1) is 26.0. The summed E-state index contributed by atoms with van der Waals surface area (Å²) >= 11 is 0. The van der Waals surface area contributed by atoms with Crippen LogP contribution in [0, 0.1) is 0 Å². The van der Waals surface area contributed by atoms with Crippen molar-refractivity contribution in [2.75, 3.05) is 13.2 Å². The van der Waals surface area contributed by atoms with Gasteiger partial charge < -0.3 is 20.5 Å². The number of aliphatic carboxylic acids is 1. The molecule has 2 aromatic carbocycles. The van der Waals surface area contributed by atoms with Crippen LogP contribution in [0.3, 0.4) is 0 Å². The lowest BCUT2D eigenvalue weighted by Crippen LogP contribution is -2.42. The molecule has 35 heavy (non-hydrogen) atoms.